The van der Waals surface area contributed by atoms with Crippen molar-refractivity contribution in [1.29, 1.82) is 0 Å². The molecule has 2 aromatic carbocycles. The molecule has 0 aliphatic heterocycles. The molecule has 0 atom stereocenters. The van der Waals surface area contributed by atoms with Gasteiger partial charge in [0.05, 0.1) is 4.92 Å². The average molecular weight is 355 g/mol. The van der Waals surface area contributed by atoms with E-state index in [-0.39, 0.29) is 32.4 Å². The quantitative estimate of drug-likeness (QED) is 0.440. The number of carbonyl (C=O) groups is 1. The minimum atomic E-state index is -1.75. The Morgan fingerprint density at radius 3 is 2.39 bits per heavy atom. The standard InChI is InChI=1S/C13H9BCl2N2O5/c15-10-4-2-8(6-12(10)18(22)23)17-13(19)7-1-3-9(14(20)21)11(16)5-7/h1-6,20-21H,(H,17,19). The Bertz CT molecular complexity index is 785. The summed E-state index contributed by atoms with van der Waals surface area (Å²) < 4.78 is 0. The van der Waals surface area contributed by atoms with Gasteiger partial charge in [-0.3, -0.25) is 14.9 Å². The van der Waals surface area contributed by atoms with Crippen LogP contribution in [0.3, 0.4) is 0 Å². The number of halogens is 2. The van der Waals surface area contributed by atoms with Gasteiger partial charge in [-0.2, -0.15) is 0 Å². The van der Waals surface area contributed by atoms with Crippen LogP contribution in [-0.2, 0) is 0 Å². The Morgan fingerprint density at radius 2 is 1.83 bits per heavy atom. The van der Waals surface area contributed by atoms with E-state index in [0.29, 0.717) is 0 Å². The molecule has 10 heteroatoms. The summed E-state index contributed by atoms with van der Waals surface area (Å²) in [5.41, 5.74) is 0.0668. The minimum absolute atomic E-state index is 0.00902. The molecular weight excluding hydrogens is 346 g/mol. The first kappa shape index (κ1) is 17.2. The fourth-order valence-corrected chi connectivity index (χ4v) is 2.28. The smallest absolute Gasteiger partial charge is 0.423 e. The van der Waals surface area contributed by atoms with Crippen molar-refractivity contribution in [3.05, 3.63) is 62.1 Å². The van der Waals surface area contributed by atoms with Gasteiger partial charge in [0.15, 0.2) is 0 Å². The highest BCUT2D eigenvalue weighted by molar-refractivity contribution is 6.62. The molecule has 0 heterocycles. The first-order valence-electron chi connectivity index (χ1n) is 6.20. The maximum atomic E-state index is 12.1. The molecule has 0 fully saturated rings. The first-order valence-corrected chi connectivity index (χ1v) is 6.96. The number of benzene rings is 2. The van der Waals surface area contributed by atoms with Crippen LogP contribution in [0, 0.1) is 10.1 Å². The highest BCUT2D eigenvalue weighted by Crippen LogP contribution is 2.27. The number of carbonyl (C=O) groups excluding carboxylic acids is 1. The van der Waals surface area contributed by atoms with Crippen LogP contribution in [-0.4, -0.2) is 28.0 Å². The monoisotopic (exact) mass is 354 g/mol. The van der Waals surface area contributed by atoms with E-state index in [0.717, 1.165) is 6.07 Å². The summed E-state index contributed by atoms with van der Waals surface area (Å²) in [4.78, 5) is 22.3. The summed E-state index contributed by atoms with van der Waals surface area (Å²) in [7, 11) is -1.75. The van der Waals surface area contributed by atoms with Crippen LogP contribution in [0.4, 0.5) is 11.4 Å². The van der Waals surface area contributed by atoms with Crippen LogP contribution in [0.1, 0.15) is 10.4 Å². The number of nitrogens with zero attached hydrogens (tertiary/aromatic N) is 1. The van der Waals surface area contributed by atoms with E-state index in [1.165, 1.54) is 30.3 Å². The van der Waals surface area contributed by atoms with Gasteiger partial charge in [0, 0.05) is 27.8 Å². The fraction of sp³-hybridized carbons (Fsp3) is 0. The minimum Gasteiger partial charge on any atom is -0.423 e. The SMILES string of the molecule is O=C(Nc1ccc(Cl)c([N+](=O)[O-])c1)c1ccc(B(O)O)c(Cl)c1. The third-order valence-electron chi connectivity index (χ3n) is 2.94. The van der Waals surface area contributed by atoms with Crippen molar-refractivity contribution < 1.29 is 19.8 Å². The number of anilines is 1. The molecule has 0 bridgehead atoms. The van der Waals surface area contributed by atoms with Gasteiger partial charge in [0.25, 0.3) is 11.6 Å². The largest absolute Gasteiger partial charge is 0.489 e. The zero-order valence-electron chi connectivity index (χ0n) is 11.4. The molecule has 0 saturated carbocycles. The van der Waals surface area contributed by atoms with Gasteiger partial charge in [0.2, 0.25) is 0 Å². The molecule has 2 rings (SSSR count). The van der Waals surface area contributed by atoms with Crippen molar-refractivity contribution >= 4 is 53.1 Å². The van der Waals surface area contributed by atoms with Gasteiger partial charge < -0.3 is 15.4 Å². The van der Waals surface area contributed by atoms with Gasteiger partial charge >= 0.3 is 7.12 Å². The maximum absolute atomic E-state index is 12.1. The summed E-state index contributed by atoms with van der Waals surface area (Å²) in [6, 6.07) is 7.75. The third kappa shape index (κ3) is 3.99. The summed E-state index contributed by atoms with van der Waals surface area (Å²) in [6.45, 7) is 0. The van der Waals surface area contributed by atoms with Crippen LogP contribution < -0.4 is 10.8 Å². The maximum Gasteiger partial charge on any atom is 0.489 e. The summed E-state index contributed by atoms with van der Waals surface area (Å²) in [5, 5.41) is 31.4. The molecule has 0 spiro atoms. The Kier molecular flexibility index (Phi) is 5.22. The number of hydrogen-bond acceptors (Lipinski definition) is 5. The van der Waals surface area contributed by atoms with Gasteiger partial charge in [-0.05, 0) is 24.3 Å². The van der Waals surface area contributed by atoms with E-state index < -0.39 is 17.9 Å². The summed E-state index contributed by atoms with van der Waals surface area (Å²) in [6.07, 6.45) is 0. The lowest BCUT2D eigenvalue weighted by atomic mass is 9.80. The van der Waals surface area contributed by atoms with E-state index >= 15 is 0 Å². The summed E-state index contributed by atoms with van der Waals surface area (Å²) in [5.74, 6) is -0.567. The number of nitro groups is 1. The topological polar surface area (TPSA) is 113 Å². The van der Waals surface area contributed by atoms with Crippen molar-refractivity contribution in [2.45, 2.75) is 0 Å². The lowest BCUT2D eigenvalue weighted by molar-refractivity contribution is -0.384. The number of rotatable bonds is 4. The molecule has 23 heavy (non-hydrogen) atoms. The van der Waals surface area contributed by atoms with Crippen molar-refractivity contribution in [3.8, 4) is 0 Å². The predicted molar refractivity (Wildman–Crippen MR) is 87.3 cm³/mol. The van der Waals surface area contributed by atoms with E-state index in [1.54, 1.807) is 0 Å². The van der Waals surface area contributed by atoms with Crippen molar-refractivity contribution in [3.63, 3.8) is 0 Å². The van der Waals surface area contributed by atoms with Crippen molar-refractivity contribution in [2.24, 2.45) is 0 Å². The molecule has 1 amide bonds. The van der Waals surface area contributed by atoms with E-state index in [2.05, 4.69) is 5.32 Å². The van der Waals surface area contributed by atoms with Crippen LogP contribution in [0.25, 0.3) is 0 Å². The zero-order valence-corrected chi connectivity index (χ0v) is 12.9. The van der Waals surface area contributed by atoms with Gasteiger partial charge in [0.1, 0.15) is 5.02 Å². The molecule has 0 saturated heterocycles. The molecule has 0 aromatic heterocycles. The van der Waals surface area contributed by atoms with Crippen molar-refractivity contribution in [1.82, 2.24) is 0 Å². The Balaban J connectivity index is 2.24. The number of nitrogens with one attached hydrogen (secondary N) is 1. The number of nitro benzene ring substituents is 1. The fourth-order valence-electron chi connectivity index (χ4n) is 1.81. The average Bonchev–Trinajstić information content (AvgIpc) is 2.48. The second-order valence-corrected chi connectivity index (χ2v) is 5.30. The van der Waals surface area contributed by atoms with Crippen LogP contribution in [0.2, 0.25) is 10.0 Å². The molecule has 7 nitrogen and oxygen atoms in total. The first-order chi connectivity index (χ1) is 10.8. The molecular formula is C13H9BCl2N2O5. The molecule has 0 aliphatic rings. The van der Waals surface area contributed by atoms with Crippen LogP contribution in [0.15, 0.2) is 36.4 Å². The lowest BCUT2D eigenvalue weighted by Gasteiger charge is -2.08. The Labute approximate surface area is 140 Å². The zero-order chi connectivity index (χ0) is 17.1. The van der Waals surface area contributed by atoms with Crippen molar-refractivity contribution in [2.75, 3.05) is 5.32 Å². The molecule has 0 unspecified atom stereocenters. The van der Waals surface area contributed by atoms with E-state index in [9.17, 15) is 14.9 Å². The second-order valence-electron chi connectivity index (χ2n) is 4.49. The van der Waals surface area contributed by atoms with E-state index in [1.807, 2.05) is 0 Å². The molecule has 3 N–H and O–H groups in total. The Morgan fingerprint density at radius 1 is 1.13 bits per heavy atom. The van der Waals surface area contributed by atoms with Gasteiger partial charge in [-0.25, -0.2) is 0 Å². The third-order valence-corrected chi connectivity index (χ3v) is 3.59. The number of amides is 1. The van der Waals surface area contributed by atoms with Gasteiger partial charge in [-0.15, -0.1) is 0 Å². The predicted octanol–water partition coefficient (Wildman–Crippen LogP) is 1.83. The van der Waals surface area contributed by atoms with Crippen LogP contribution >= 0.6 is 23.2 Å². The summed E-state index contributed by atoms with van der Waals surface area (Å²) >= 11 is 11.5. The number of hydrogen-bond donors (Lipinski definition) is 3. The normalized spacial score (nSPS) is 10.3. The van der Waals surface area contributed by atoms with Gasteiger partial charge in [-0.1, -0.05) is 29.3 Å². The molecule has 0 radical (unpaired) electrons. The molecule has 2 aromatic rings. The molecule has 118 valence electrons. The van der Waals surface area contributed by atoms with E-state index in [4.69, 9.17) is 33.2 Å². The highest BCUT2D eigenvalue weighted by Gasteiger charge is 2.18. The Hall–Kier alpha value is -2.13. The lowest BCUT2D eigenvalue weighted by Crippen LogP contribution is -2.31. The second kappa shape index (κ2) is 6.97. The molecule has 0 aliphatic carbocycles. The highest BCUT2D eigenvalue weighted by atomic mass is 35.5. The van der Waals surface area contributed by atoms with Crippen LogP contribution in [0.5, 0.6) is 0 Å².